The van der Waals surface area contributed by atoms with Gasteiger partial charge in [-0.25, -0.2) is 0 Å². The molecule has 0 saturated carbocycles. The minimum Gasteiger partial charge on any atom is -0.484 e. The molecule has 2 aromatic rings. The second-order valence-electron chi connectivity index (χ2n) is 9.04. The molecule has 1 atom stereocenters. The van der Waals surface area contributed by atoms with E-state index < -0.39 is 11.6 Å². The fraction of sp³-hybridized carbons (Fsp3) is 0.440. The summed E-state index contributed by atoms with van der Waals surface area (Å²) in [7, 11) is 0. The second kappa shape index (κ2) is 10.7. The number of benzene rings is 2. The molecule has 0 heterocycles. The molecule has 0 radical (unpaired) electrons. The fourth-order valence-corrected chi connectivity index (χ4v) is 3.24. The minimum atomic E-state index is -0.685. The van der Waals surface area contributed by atoms with Gasteiger partial charge in [-0.1, -0.05) is 55.8 Å². The Hall–Kier alpha value is -2.53. The molecule has 2 amide bonds. The van der Waals surface area contributed by atoms with Gasteiger partial charge in [0.15, 0.2) is 6.61 Å². The number of ether oxygens (including phenoxy) is 1. The lowest BCUT2D eigenvalue weighted by atomic mass is 10.0. The Bertz CT molecular complexity index is 888. The number of halogens is 1. The van der Waals surface area contributed by atoms with Crippen LogP contribution in [0.2, 0.25) is 5.02 Å². The Labute approximate surface area is 190 Å². The fourth-order valence-electron chi connectivity index (χ4n) is 3.04. The molecule has 0 spiro atoms. The first-order valence-electron chi connectivity index (χ1n) is 10.6. The Balaban J connectivity index is 2.16. The molecule has 31 heavy (non-hydrogen) atoms. The maximum Gasteiger partial charge on any atom is 0.261 e. The summed E-state index contributed by atoms with van der Waals surface area (Å²) >= 11 is 6.31. The average molecular weight is 445 g/mol. The van der Waals surface area contributed by atoms with Crippen molar-refractivity contribution < 1.29 is 14.3 Å². The van der Waals surface area contributed by atoms with Crippen molar-refractivity contribution in [1.82, 2.24) is 10.2 Å². The Morgan fingerprint density at radius 1 is 1.03 bits per heavy atom. The smallest absolute Gasteiger partial charge is 0.261 e. The molecule has 0 bridgehead atoms. The number of hydrogen-bond acceptors (Lipinski definition) is 3. The summed E-state index contributed by atoms with van der Waals surface area (Å²) in [5.74, 6) is 0.518. The van der Waals surface area contributed by atoms with E-state index in [1.807, 2.05) is 63.2 Å². The Morgan fingerprint density at radius 2 is 1.65 bits per heavy atom. The number of nitrogens with one attached hydrogen (secondary N) is 1. The summed E-state index contributed by atoms with van der Waals surface area (Å²) in [4.78, 5) is 27.4. The molecule has 0 aliphatic heterocycles. The molecular formula is C25H33ClN2O3. The molecular weight excluding hydrogens is 412 g/mol. The molecule has 0 aromatic heterocycles. The van der Waals surface area contributed by atoms with Crippen LogP contribution in [0.15, 0.2) is 48.5 Å². The lowest BCUT2D eigenvalue weighted by Gasteiger charge is -2.31. The topological polar surface area (TPSA) is 58.6 Å². The summed E-state index contributed by atoms with van der Waals surface area (Å²) in [6.07, 6.45) is 0. The highest BCUT2D eigenvalue weighted by Gasteiger charge is 2.29. The number of nitrogens with zero attached hydrogens (tertiary/aromatic N) is 1. The third-order valence-corrected chi connectivity index (χ3v) is 5.24. The first-order chi connectivity index (χ1) is 14.5. The lowest BCUT2D eigenvalue weighted by Crippen LogP contribution is -2.53. The number of rotatable bonds is 8. The highest BCUT2D eigenvalue weighted by atomic mass is 35.5. The van der Waals surface area contributed by atoms with Gasteiger partial charge in [-0.2, -0.15) is 0 Å². The van der Waals surface area contributed by atoms with Crippen molar-refractivity contribution in [2.75, 3.05) is 6.61 Å². The highest BCUT2D eigenvalue weighted by Crippen LogP contribution is 2.21. The number of carbonyl (C=O) groups is 2. The maximum absolute atomic E-state index is 13.1. The van der Waals surface area contributed by atoms with E-state index in [-0.39, 0.29) is 25.0 Å². The van der Waals surface area contributed by atoms with Crippen LogP contribution in [0.25, 0.3) is 0 Å². The van der Waals surface area contributed by atoms with Crippen LogP contribution in [-0.2, 0) is 16.1 Å². The normalized spacial score (nSPS) is 12.4. The molecule has 6 heteroatoms. The van der Waals surface area contributed by atoms with E-state index in [4.69, 9.17) is 16.3 Å². The van der Waals surface area contributed by atoms with Gasteiger partial charge in [0.25, 0.3) is 5.91 Å². The summed E-state index contributed by atoms with van der Waals surface area (Å²) in [5, 5.41) is 3.49. The molecule has 2 rings (SSSR count). The van der Waals surface area contributed by atoms with Gasteiger partial charge in [0.2, 0.25) is 5.91 Å². The SMILES string of the molecule is CC(C)c1ccc(OCC(=O)N(Cc2ccccc2Cl)[C@@H](C)C(=O)NC(C)(C)C)cc1. The predicted octanol–water partition coefficient (Wildman–Crippen LogP) is 5.17. The zero-order valence-corrected chi connectivity index (χ0v) is 20.0. The van der Waals surface area contributed by atoms with Crippen LogP contribution < -0.4 is 10.1 Å². The van der Waals surface area contributed by atoms with Gasteiger partial charge in [0, 0.05) is 17.1 Å². The van der Waals surface area contributed by atoms with Crippen molar-refractivity contribution in [3.63, 3.8) is 0 Å². The minimum absolute atomic E-state index is 0.168. The lowest BCUT2D eigenvalue weighted by molar-refractivity contribution is -0.142. The molecule has 0 aliphatic carbocycles. The largest absolute Gasteiger partial charge is 0.484 e. The van der Waals surface area contributed by atoms with E-state index in [0.29, 0.717) is 16.7 Å². The highest BCUT2D eigenvalue weighted by molar-refractivity contribution is 6.31. The third kappa shape index (κ3) is 7.59. The van der Waals surface area contributed by atoms with Gasteiger partial charge in [0.1, 0.15) is 11.8 Å². The predicted molar refractivity (Wildman–Crippen MR) is 125 cm³/mol. The van der Waals surface area contributed by atoms with E-state index in [1.54, 1.807) is 13.0 Å². The van der Waals surface area contributed by atoms with Gasteiger partial charge in [0.05, 0.1) is 0 Å². The van der Waals surface area contributed by atoms with Gasteiger partial charge in [-0.3, -0.25) is 9.59 Å². The van der Waals surface area contributed by atoms with Crippen LogP contribution in [0, 0.1) is 0 Å². The zero-order valence-electron chi connectivity index (χ0n) is 19.2. The van der Waals surface area contributed by atoms with Crippen molar-refractivity contribution in [2.45, 2.75) is 65.6 Å². The van der Waals surface area contributed by atoms with Crippen molar-refractivity contribution in [1.29, 1.82) is 0 Å². The summed E-state index contributed by atoms with van der Waals surface area (Å²) in [6, 6.07) is 14.3. The summed E-state index contributed by atoms with van der Waals surface area (Å²) < 4.78 is 5.73. The number of hydrogen-bond donors (Lipinski definition) is 1. The van der Waals surface area contributed by atoms with Crippen LogP contribution in [0.3, 0.4) is 0 Å². The molecule has 2 aromatic carbocycles. The molecule has 0 unspecified atom stereocenters. The van der Waals surface area contributed by atoms with Crippen LogP contribution in [0.5, 0.6) is 5.75 Å². The van der Waals surface area contributed by atoms with Gasteiger partial charge >= 0.3 is 0 Å². The van der Waals surface area contributed by atoms with Gasteiger partial charge in [-0.15, -0.1) is 0 Å². The first kappa shape index (κ1) is 24.7. The monoisotopic (exact) mass is 444 g/mol. The van der Waals surface area contributed by atoms with Crippen LogP contribution in [-0.4, -0.2) is 34.9 Å². The van der Waals surface area contributed by atoms with Crippen LogP contribution in [0.1, 0.15) is 58.6 Å². The van der Waals surface area contributed by atoms with E-state index in [1.165, 1.54) is 10.5 Å². The molecule has 1 N–H and O–H groups in total. The zero-order chi connectivity index (χ0) is 23.2. The number of carbonyl (C=O) groups excluding carboxylic acids is 2. The van der Waals surface area contributed by atoms with Crippen molar-refractivity contribution in [3.8, 4) is 5.75 Å². The van der Waals surface area contributed by atoms with Crippen molar-refractivity contribution in [3.05, 3.63) is 64.7 Å². The quantitative estimate of drug-likeness (QED) is 0.610. The van der Waals surface area contributed by atoms with Crippen molar-refractivity contribution in [2.24, 2.45) is 0 Å². The first-order valence-corrected chi connectivity index (χ1v) is 10.9. The second-order valence-corrected chi connectivity index (χ2v) is 9.45. The van der Waals surface area contributed by atoms with Crippen LogP contribution >= 0.6 is 11.6 Å². The van der Waals surface area contributed by atoms with Crippen molar-refractivity contribution >= 4 is 23.4 Å². The summed E-state index contributed by atoms with van der Waals surface area (Å²) in [6.45, 7) is 11.7. The van der Waals surface area contributed by atoms with E-state index in [2.05, 4.69) is 19.2 Å². The van der Waals surface area contributed by atoms with Gasteiger partial charge in [-0.05, 0) is 62.9 Å². The molecule has 5 nitrogen and oxygen atoms in total. The van der Waals surface area contributed by atoms with Crippen LogP contribution in [0.4, 0.5) is 0 Å². The average Bonchev–Trinajstić information content (AvgIpc) is 2.70. The van der Waals surface area contributed by atoms with E-state index in [0.717, 1.165) is 5.56 Å². The molecule has 0 aliphatic rings. The molecule has 0 saturated heterocycles. The maximum atomic E-state index is 13.1. The van der Waals surface area contributed by atoms with E-state index >= 15 is 0 Å². The van der Waals surface area contributed by atoms with E-state index in [9.17, 15) is 9.59 Å². The Kier molecular flexibility index (Phi) is 8.52. The number of amides is 2. The summed E-state index contributed by atoms with van der Waals surface area (Å²) in [5.41, 5.74) is 1.57. The standard InChI is InChI=1S/C25H33ClN2O3/c1-17(2)19-11-13-21(14-12-19)31-16-23(29)28(15-20-9-7-8-10-22(20)26)18(3)24(30)27-25(4,5)6/h7-14,17-18H,15-16H2,1-6H3,(H,27,30)/t18-/m0/s1. The molecule has 0 fully saturated rings. The van der Waals surface area contributed by atoms with Gasteiger partial charge < -0.3 is 15.0 Å². The Morgan fingerprint density at radius 3 is 2.19 bits per heavy atom. The third-order valence-electron chi connectivity index (χ3n) is 4.87. The molecule has 168 valence electrons.